The summed E-state index contributed by atoms with van der Waals surface area (Å²) in [6.45, 7) is 7.64. The van der Waals surface area contributed by atoms with Crippen LogP contribution in [-0.4, -0.2) is 38.7 Å². The highest BCUT2D eigenvalue weighted by molar-refractivity contribution is 5.73. The number of rotatable bonds is 4. The molecule has 0 bridgehead atoms. The molecule has 0 unspecified atom stereocenters. The van der Waals surface area contributed by atoms with E-state index in [9.17, 15) is 4.79 Å². The fourth-order valence-electron chi connectivity index (χ4n) is 3.24. The van der Waals surface area contributed by atoms with Crippen LogP contribution < -0.4 is 0 Å². The molecule has 1 amide bonds. The summed E-state index contributed by atoms with van der Waals surface area (Å²) in [5, 5.41) is 4.36. The van der Waals surface area contributed by atoms with Gasteiger partial charge in [-0.1, -0.05) is 6.07 Å². The summed E-state index contributed by atoms with van der Waals surface area (Å²) in [5.41, 5.74) is 3.24. The van der Waals surface area contributed by atoms with E-state index in [4.69, 9.17) is 0 Å². The zero-order valence-corrected chi connectivity index (χ0v) is 14.1. The molecule has 1 fully saturated rings. The van der Waals surface area contributed by atoms with Gasteiger partial charge in [-0.2, -0.15) is 5.10 Å². The van der Waals surface area contributed by atoms with Crippen LogP contribution in [0.15, 0.2) is 30.6 Å². The lowest BCUT2D eigenvalue weighted by atomic mass is 9.99. The Hall–Kier alpha value is -2.17. The number of nitrogens with zero attached hydrogens (tertiary/aromatic N) is 4. The number of likely N-dealkylation sites (tertiary alicyclic amines) is 1. The summed E-state index contributed by atoms with van der Waals surface area (Å²) >= 11 is 0. The zero-order valence-electron chi connectivity index (χ0n) is 14.1. The molecule has 1 aliphatic rings. The molecule has 0 N–H and O–H groups in total. The molecule has 23 heavy (non-hydrogen) atoms. The monoisotopic (exact) mass is 312 g/mol. The Balaban J connectivity index is 1.68. The van der Waals surface area contributed by atoms with Crippen LogP contribution in [0.2, 0.25) is 0 Å². The Morgan fingerprint density at radius 3 is 2.78 bits per heavy atom. The molecule has 5 nitrogen and oxygen atoms in total. The fourth-order valence-corrected chi connectivity index (χ4v) is 3.24. The molecule has 0 spiro atoms. The maximum atomic E-state index is 11.4. The lowest BCUT2D eigenvalue weighted by Crippen LogP contribution is -2.26. The van der Waals surface area contributed by atoms with Crippen LogP contribution in [0, 0.1) is 5.92 Å². The summed E-state index contributed by atoms with van der Waals surface area (Å²) in [4.78, 5) is 18.0. The van der Waals surface area contributed by atoms with E-state index in [1.165, 1.54) is 5.56 Å². The number of pyridine rings is 1. The van der Waals surface area contributed by atoms with Crippen molar-refractivity contribution in [3.05, 3.63) is 36.2 Å². The van der Waals surface area contributed by atoms with Gasteiger partial charge in [0.25, 0.3) is 0 Å². The van der Waals surface area contributed by atoms with Gasteiger partial charge in [0.2, 0.25) is 5.91 Å². The third kappa shape index (κ3) is 3.44. The third-order valence-electron chi connectivity index (χ3n) is 4.50. The molecule has 0 radical (unpaired) electrons. The van der Waals surface area contributed by atoms with Crippen LogP contribution in [-0.2, 0) is 11.2 Å². The maximum absolute atomic E-state index is 11.4. The number of carbonyl (C=O) groups is 1. The summed E-state index contributed by atoms with van der Waals surface area (Å²) in [6, 6.07) is 6.54. The molecule has 5 heteroatoms. The highest BCUT2D eigenvalue weighted by Gasteiger charge is 2.24. The average molecular weight is 312 g/mol. The van der Waals surface area contributed by atoms with Crippen molar-refractivity contribution in [1.82, 2.24) is 19.7 Å². The van der Waals surface area contributed by atoms with Gasteiger partial charge >= 0.3 is 0 Å². The van der Waals surface area contributed by atoms with Crippen molar-refractivity contribution in [3.63, 3.8) is 0 Å². The van der Waals surface area contributed by atoms with Gasteiger partial charge in [-0.3, -0.25) is 14.5 Å². The number of amides is 1. The van der Waals surface area contributed by atoms with Gasteiger partial charge in [-0.05, 0) is 50.3 Å². The van der Waals surface area contributed by atoms with Gasteiger partial charge in [0.15, 0.2) is 0 Å². The van der Waals surface area contributed by atoms with Crippen molar-refractivity contribution in [1.29, 1.82) is 0 Å². The van der Waals surface area contributed by atoms with E-state index >= 15 is 0 Å². The van der Waals surface area contributed by atoms with E-state index in [0.717, 1.165) is 37.3 Å². The number of carbonyl (C=O) groups excluding carboxylic acids is 1. The van der Waals surface area contributed by atoms with Crippen LogP contribution in [0.25, 0.3) is 11.4 Å². The summed E-state index contributed by atoms with van der Waals surface area (Å²) in [5.74, 6) is 0.732. The number of hydrogen-bond donors (Lipinski definition) is 0. The molecule has 0 aliphatic carbocycles. The predicted molar refractivity (Wildman–Crippen MR) is 89.9 cm³/mol. The Bertz CT molecular complexity index is 675. The third-order valence-corrected chi connectivity index (χ3v) is 4.50. The van der Waals surface area contributed by atoms with Crippen molar-refractivity contribution in [2.75, 3.05) is 13.1 Å². The Labute approximate surface area is 137 Å². The van der Waals surface area contributed by atoms with Gasteiger partial charge in [0.05, 0.1) is 11.4 Å². The van der Waals surface area contributed by atoms with Crippen LogP contribution in [0.5, 0.6) is 0 Å². The minimum atomic E-state index is 0.183. The summed E-state index contributed by atoms with van der Waals surface area (Å²) < 4.78 is 1.99. The van der Waals surface area contributed by atoms with Gasteiger partial charge in [-0.25, -0.2) is 0 Å². The first-order valence-corrected chi connectivity index (χ1v) is 8.29. The van der Waals surface area contributed by atoms with Crippen LogP contribution in [0.1, 0.15) is 38.8 Å². The predicted octanol–water partition coefficient (Wildman–Crippen LogP) is 2.94. The SMILES string of the molecule is CC(=O)N1CC[C@H](Cc2ccc(-c3ccnn3C(C)C)nc2)C1. The zero-order chi connectivity index (χ0) is 16.4. The molecule has 122 valence electrons. The van der Waals surface area contributed by atoms with E-state index in [-0.39, 0.29) is 5.91 Å². The normalized spacial score (nSPS) is 17.9. The van der Waals surface area contributed by atoms with E-state index < -0.39 is 0 Å². The molecule has 2 aromatic heterocycles. The number of aromatic nitrogens is 3. The van der Waals surface area contributed by atoms with Crippen molar-refractivity contribution in [2.24, 2.45) is 5.92 Å². The molecular weight excluding hydrogens is 288 g/mol. The van der Waals surface area contributed by atoms with E-state index in [1.807, 2.05) is 28.0 Å². The first-order valence-electron chi connectivity index (χ1n) is 8.29. The van der Waals surface area contributed by atoms with Crippen molar-refractivity contribution >= 4 is 5.91 Å². The van der Waals surface area contributed by atoms with Crippen molar-refractivity contribution < 1.29 is 4.79 Å². The Morgan fingerprint density at radius 2 is 2.17 bits per heavy atom. The van der Waals surface area contributed by atoms with E-state index in [2.05, 4.69) is 36.1 Å². The second-order valence-electron chi connectivity index (χ2n) is 6.63. The largest absolute Gasteiger partial charge is 0.343 e. The van der Waals surface area contributed by atoms with Gasteiger partial charge < -0.3 is 4.90 Å². The quantitative estimate of drug-likeness (QED) is 0.872. The van der Waals surface area contributed by atoms with Gasteiger partial charge in [-0.15, -0.1) is 0 Å². The van der Waals surface area contributed by atoms with Gasteiger partial charge in [0.1, 0.15) is 0 Å². The minimum Gasteiger partial charge on any atom is -0.343 e. The molecule has 3 heterocycles. The van der Waals surface area contributed by atoms with Crippen LogP contribution in [0.3, 0.4) is 0 Å². The molecule has 2 aromatic rings. The van der Waals surface area contributed by atoms with Crippen molar-refractivity contribution in [2.45, 2.75) is 39.7 Å². The fraction of sp³-hybridized carbons (Fsp3) is 0.500. The lowest BCUT2D eigenvalue weighted by Gasteiger charge is -2.14. The highest BCUT2D eigenvalue weighted by Crippen LogP contribution is 2.23. The topological polar surface area (TPSA) is 51.0 Å². The average Bonchev–Trinajstić information content (AvgIpc) is 3.17. The Kier molecular flexibility index (Phi) is 4.46. The van der Waals surface area contributed by atoms with Crippen molar-refractivity contribution in [3.8, 4) is 11.4 Å². The minimum absolute atomic E-state index is 0.183. The maximum Gasteiger partial charge on any atom is 0.219 e. The molecule has 1 saturated heterocycles. The number of hydrogen-bond acceptors (Lipinski definition) is 3. The second kappa shape index (κ2) is 6.52. The molecule has 3 rings (SSSR count). The Morgan fingerprint density at radius 1 is 1.35 bits per heavy atom. The highest BCUT2D eigenvalue weighted by atomic mass is 16.2. The second-order valence-corrected chi connectivity index (χ2v) is 6.63. The summed E-state index contributed by atoms with van der Waals surface area (Å²) in [6.07, 6.45) is 5.85. The molecule has 1 aliphatic heterocycles. The van der Waals surface area contributed by atoms with E-state index in [1.54, 1.807) is 6.92 Å². The molecule has 0 saturated carbocycles. The van der Waals surface area contributed by atoms with Crippen LogP contribution in [0.4, 0.5) is 0 Å². The first kappa shape index (κ1) is 15.7. The van der Waals surface area contributed by atoms with E-state index in [0.29, 0.717) is 12.0 Å². The van der Waals surface area contributed by atoms with Crippen LogP contribution >= 0.6 is 0 Å². The first-order chi connectivity index (χ1) is 11.0. The van der Waals surface area contributed by atoms with Gasteiger partial charge in [0, 0.05) is 38.4 Å². The standard InChI is InChI=1S/C18H24N4O/c1-13(2)22-18(6-8-20-22)17-5-4-15(11-19-17)10-16-7-9-21(12-16)14(3)23/h4-6,8,11,13,16H,7,9-10,12H2,1-3H3/t16-/m1/s1. The summed E-state index contributed by atoms with van der Waals surface area (Å²) in [7, 11) is 0. The molecule has 1 atom stereocenters. The molecular formula is C18H24N4O. The smallest absolute Gasteiger partial charge is 0.219 e. The lowest BCUT2D eigenvalue weighted by molar-refractivity contribution is -0.127. The molecule has 0 aromatic carbocycles.